The van der Waals surface area contributed by atoms with Crippen molar-refractivity contribution in [3.63, 3.8) is 0 Å². The summed E-state index contributed by atoms with van der Waals surface area (Å²) in [6, 6.07) is 12.5. The van der Waals surface area contributed by atoms with Crippen LogP contribution in [0.25, 0.3) is 11.3 Å². The molecule has 0 fully saturated rings. The van der Waals surface area contributed by atoms with Gasteiger partial charge >= 0.3 is 12.1 Å². The molecule has 0 spiro atoms. The highest BCUT2D eigenvalue weighted by Gasteiger charge is 2.30. The van der Waals surface area contributed by atoms with E-state index < -0.39 is 17.7 Å². The second kappa shape index (κ2) is 7.80. The zero-order chi connectivity index (χ0) is 20.3. The van der Waals surface area contributed by atoms with E-state index in [1.807, 2.05) is 6.92 Å². The molecule has 1 N–H and O–H groups in total. The summed E-state index contributed by atoms with van der Waals surface area (Å²) in [5.74, 6) is 0.627. The van der Waals surface area contributed by atoms with Crippen LogP contribution in [0.3, 0.4) is 0 Å². The Morgan fingerprint density at radius 3 is 2.25 bits per heavy atom. The van der Waals surface area contributed by atoms with E-state index in [9.17, 15) is 18.0 Å². The molecule has 0 saturated heterocycles. The summed E-state index contributed by atoms with van der Waals surface area (Å²) in [6.07, 6.45) is -3.79. The van der Waals surface area contributed by atoms with Gasteiger partial charge in [0.1, 0.15) is 23.9 Å². The van der Waals surface area contributed by atoms with Gasteiger partial charge in [0.05, 0.1) is 11.1 Å². The summed E-state index contributed by atoms with van der Waals surface area (Å²) in [4.78, 5) is 10.9. The van der Waals surface area contributed by atoms with Crippen molar-refractivity contribution in [2.45, 2.75) is 26.1 Å². The molecule has 1 aromatic heterocycles. The summed E-state index contributed by atoms with van der Waals surface area (Å²) in [7, 11) is 0. The minimum atomic E-state index is -4.38. The molecule has 3 aromatic rings. The fourth-order valence-electron chi connectivity index (χ4n) is 2.71. The lowest BCUT2D eigenvalue weighted by Crippen LogP contribution is -2.03. The Kier molecular flexibility index (Phi) is 5.44. The van der Waals surface area contributed by atoms with Crippen LogP contribution in [0.4, 0.5) is 13.2 Å². The van der Waals surface area contributed by atoms with Crippen molar-refractivity contribution in [2.75, 3.05) is 0 Å². The van der Waals surface area contributed by atoms with E-state index >= 15 is 0 Å². The lowest BCUT2D eigenvalue weighted by atomic mass is 10.1. The summed E-state index contributed by atoms with van der Waals surface area (Å²) < 4.78 is 49.6. The maximum Gasteiger partial charge on any atom is 0.416 e. The van der Waals surface area contributed by atoms with Crippen LogP contribution in [0.5, 0.6) is 5.75 Å². The highest BCUT2D eigenvalue weighted by atomic mass is 19.4. The van der Waals surface area contributed by atoms with Gasteiger partial charge in [-0.05, 0) is 42.5 Å². The van der Waals surface area contributed by atoms with Gasteiger partial charge in [0, 0.05) is 17.5 Å². The predicted octanol–water partition coefficient (Wildman–Crippen LogP) is 5.81. The molecule has 28 heavy (non-hydrogen) atoms. The fraction of sp³-hybridized carbons (Fsp3) is 0.190. The Morgan fingerprint density at radius 2 is 1.71 bits per heavy atom. The molecule has 3 rings (SSSR count). The Labute approximate surface area is 159 Å². The fourth-order valence-corrected chi connectivity index (χ4v) is 2.71. The molecule has 0 radical (unpaired) electrons. The molecule has 2 aromatic carbocycles. The van der Waals surface area contributed by atoms with E-state index in [0.29, 0.717) is 29.3 Å². The Balaban J connectivity index is 1.76. The van der Waals surface area contributed by atoms with E-state index in [1.165, 1.54) is 24.3 Å². The first kappa shape index (κ1) is 19.5. The maximum absolute atomic E-state index is 12.7. The minimum Gasteiger partial charge on any atom is -0.489 e. The van der Waals surface area contributed by atoms with E-state index in [1.54, 1.807) is 18.2 Å². The summed E-state index contributed by atoms with van der Waals surface area (Å²) >= 11 is 0. The van der Waals surface area contributed by atoms with Crippen LogP contribution in [0.1, 0.15) is 34.2 Å². The lowest BCUT2D eigenvalue weighted by molar-refractivity contribution is -0.137. The molecule has 4 nitrogen and oxygen atoms in total. The Hall–Kier alpha value is -3.22. The van der Waals surface area contributed by atoms with E-state index in [-0.39, 0.29) is 12.2 Å². The Bertz CT molecular complexity index is 955. The average Bonchev–Trinajstić information content (AvgIpc) is 3.09. The highest BCUT2D eigenvalue weighted by molar-refractivity contribution is 5.87. The van der Waals surface area contributed by atoms with Gasteiger partial charge in [0.15, 0.2) is 0 Å². The number of halogens is 3. The molecule has 0 atom stereocenters. The van der Waals surface area contributed by atoms with Crippen molar-refractivity contribution in [1.82, 2.24) is 0 Å². The summed E-state index contributed by atoms with van der Waals surface area (Å²) in [5.41, 5.74) is 0.765. The number of carbonyl (C=O) groups is 1. The normalized spacial score (nSPS) is 11.4. The van der Waals surface area contributed by atoms with E-state index in [4.69, 9.17) is 14.3 Å². The molecule has 0 aliphatic heterocycles. The van der Waals surface area contributed by atoms with Gasteiger partial charge in [-0.15, -0.1) is 0 Å². The molecule has 0 saturated carbocycles. The van der Waals surface area contributed by atoms with Crippen LogP contribution < -0.4 is 4.74 Å². The van der Waals surface area contributed by atoms with Crippen molar-refractivity contribution in [3.8, 4) is 17.1 Å². The number of benzene rings is 2. The third kappa shape index (κ3) is 4.36. The molecule has 0 aliphatic carbocycles. The molecule has 7 heteroatoms. The van der Waals surface area contributed by atoms with Crippen molar-refractivity contribution in [1.29, 1.82) is 0 Å². The number of rotatable bonds is 6. The maximum atomic E-state index is 12.7. The second-order valence-electron chi connectivity index (χ2n) is 6.11. The molecule has 0 aliphatic rings. The molecular formula is C21H17F3O4. The zero-order valence-electron chi connectivity index (χ0n) is 14.9. The molecule has 1 heterocycles. The molecule has 0 amide bonds. The highest BCUT2D eigenvalue weighted by Crippen LogP contribution is 2.32. The van der Waals surface area contributed by atoms with Crippen LogP contribution in [0.15, 0.2) is 59.0 Å². The monoisotopic (exact) mass is 390 g/mol. The number of carboxylic acids is 1. The van der Waals surface area contributed by atoms with Crippen LogP contribution in [0, 0.1) is 0 Å². The predicted molar refractivity (Wildman–Crippen MR) is 96.3 cm³/mol. The molecule has 0 bridgehead atoms. The second-order valence-corrected chi connectivity index (χ2v) is 6.11. The van der Waals surface area contributed by atoms with Crippen molar-refractivity contribution >= 4 is 5.97 Å². The van der Waals surface area contributed by atoms with Gasteiger partial charge in [-0.25, -0.2) is 4.79 Å². The van der Waals surface area contributed by atoms with Gasteiger partial charge in [-0.2, -0.15) is 13.2 Å². The number of carboxylic acid groups (broad SMARTS) is 1. The quantitative estimate of drug-likeness (QED) is 0.577. The number of hydrogen-bond acceptors (Lipinski definition) is 3. The SMILES string of the molecule is CCc1oc(-c2ccc(C(F)(F)F)cc2)cc1COc1ccc(C(=O)O)cc1. The number of alkyl halides is 3. The number of furan rings is 1. The van der Waals surface area contributed by atoms with Gasteiger partial charge in [-0.3, -0.25) is 0 Å². The van der Waals surface area contributed by atoms with E-state index in [0.717, 1.165) is 17.7 Å². The first-order valence-electron chi connectivity index (χ1n) is 8.53. The summed E-state index contributed by atoms with van der Waals surface area (Å²) in [6.45, 7) is 2.10. The van der Waals surface area contributed by atoms with Gasteiger partial charge in [0.25, 0.3) is 0 Å². The smallest absolute Gasteiger partial charge is 0.416 e. The molecule has 0 unspecified atom stereocenters. The van der Waals surface area contributed by atoms with Crippen molar-refractivity contribution in [3.05, 3.63) is 77.0 Å². The third-order valence-corrected chi connectivity index (χ3v) is 4.21. The van der Waals surface area contributed by atoms with Crippen molar-refractivity contribution < 1.29 is 32.2 Å². The molecule has 146 valence electrons. The molecular weight excluding hydrogens is 373 g/mol. The summed E-state index contributed by atoms with van der Waals surface area (Å²) in [5, 5.41) is 8.91. The Morgan fingerprint density at radius 1 is 1.07 bits per heavy atom. The topological polar surface area (TPSA) is 59.7 Å². The van der Waals surface area contributed by atoms with Gasteiger partial charge < -0.3 is 14.3 Å². The van der Waals surface area contributed by atoms with Gasteiger partial charge in [0.2, 0.25) is 0 Å². The number of hydrogen-bond donors (Lipinski definition) is 1. The minimum absolute atomic E-state index is 0.162. The zero-order valence-corrected chi connectivity index (χ0v) is 14.9. The number of ether oxygens (including phenoxy) is 1. The van der Waals surface area contributed by atoms with Crippen LogP contribution >= 0.6 is 0 Å². The standard InChI is InChI=1S/C21H17F3O4/c1-2-18-15(12-27-17-9-5-14(6-10-17)20(25)26)11-19(28-18)13-3-7-16(8-4-13)21(22,23)24/h3-11H,2,12H2,1H3,(H,25,26). The van der Waals surface area contributed by atoms with Gasteiger partial charge in [-0.1, -0.05) is 19.1 Å². The first-order valence-corrected chi connectivity index (χ1v) is 8.53. The van der Waals surface area contributed by atoms with Crippen LogP contribution in [-0.2, 0) is 19.2 Å². The van der Waals surface area contributed by atoms with Crippen molar-refractivity contribution in [2.24, 2.45) is 0 Å². The first-order chi connectivity index (χ1) is 13.3. The largest absolute Gasteiger partial charge is 0.489 e. The lowest BCUT2D eigenvalue weighted by Gasteiger charge is -2.06. The van der Waals surface area contributed by atoms with E-state index in [2.05, 4.69) is 0 Å². The van der Waals surface area contributed by atoms with Crippen LogP contribution in [0.2, 0.25) is 0 Å². The third-order valence-electron chi connectivity index (χ3n) is 4.21. The van der Waals surface area contributed by atoms with Crippen LogP contribution in [-0.4, -0.2) is 11.1 Å². The average molecular weight is 390 g/mol. The number of aryl methyl sites for hydroxylation is 1. The number of aromatic carboxylic acids is 1.